The van der Waals surface area contributed by atoms with Crippen LogP contribution in [-0.4, -0.2) is 11.7 Å². The molecule has 2 rings (SSSR count). The smallest absolute Gasteiger partial charge is 0.293 e. The number of carbonyl (C=O) groups excluding carboxylic acids is 2. The van der Waals surface area contributed by atoms with E-state index in [2.05, 4.69) is 5.32 Å². The number of hydrogen-bond donors (Lipinski definition) is 1. The molecule has 23 heavy (non-hydrogen) atoms. The lowest BCUT2D eigenvalue weighted by atomic mass is 10.2. The summed E-state index contributed by atoms with van der Waals surface area (Å²) in [5.41, 5.74) is 0.826. The number of carbonyl (C=O) groups is 2. The van der Waals surface area contributed by atoms with Crippen LogP contribution in [-0.2, 0) is 4.79 Å². The standard InChI is InChI=1S/C16H13Cl3N2O2/c1-9(21-5-3-4-11(8-21)10(2)22)16(23)20-15-13(18)6-12(17)7-14(15)19/h3-9H,1-2H3/p+1/t9-/m1/s1. The van der Waals surface area contributed by atoms with Gasteiger partial charge in [0.05, 0.1) is 21.3 Å². The molecule has 1 aromatic carbocycles. The molecule has 0 saturated carbocycles. The third-order valence-electron chi connectivity index (χ3n) is 3.31. The molecular weight excluding hydrogens is 359 g/mol. The van der Waals surface area contributed by atoms with Crippen molar-refractivity contribution in [2.75, 3.05) is 5.32 Å². The fourth-order valence-corrected chi connectivity index (χ4v) is 2.88. The summed E-state index contributed by atoms with van der Waals surface area (Å²) in [5.74, 6) is -0.391. The second-order valence-corrected chi connectivity index (χ2v) is 6.26. The normalized spacial score (nSPS) is 11.9. The third kappa shape index (κ3) is 4.22. The van der Waals surface area contributed by atoms with Gasteiger partial charge in [0.1, 0.15) is 0 Å². The second kappa shape index (κ2) is 7.30. The zero-order valence-electron chi connectivity index (χ0n) is 12.4. The highest BCUT2D eigenvalue weighted by Crippen LogP contribution is 2.33. The van der Waals surface area contributed by atoms with Gasteiger partial charge in [-0.25, -0.2) is 0 Å². The minimum absolute atomic E-state index is 0.0734. The maximum absolute atomic E-state index is 12.4. The van der Waals surface area contributed by atoms with Gasteiger partial charge in [0.25, 0.3) is 5.91 Å². The molecule has 0 aliphatic carbocycles. The van der Waals surface area contributed by atoms with E-state index in [0.717, 1.165) is 0 Å². The largest absolute Gasteiger partial charge is 0.318 e. The van der Waals surface area contributed by atoms with Gasteiger partial charge >= 0.3 is 0 Å². The van der Waals surface area contributed by atoms with Crippen LogP contribution in [0.1, 0.15) is 30.2 Å². The van der Waals surface area contributed by atoms with Gasteiger partial charge in [0, 0.05) is 18.0 Å². The van der Waals surface area contributed by atoms with Crippen molar-refractivity contribution in [1.82, 2.24) is 0 Å². The lowest BCUT2D eigenvalue weighted by Gasteiger charge is -2.12. The summed E-state index contributed by atoms with van der Waals surface area (Å²) in [6.45, 7) is 3.18. The lowest BCUT2D eigenvalue weighted by Crippen LogP contribution is -2.44. The number of benzene rings is 1. The molecule has 1 atom stereocenters. The number of aromatic nitrogens is 1. The Bertz CT molecular complexity index is 755. The molecule has 0 radical (unpaired) electrons. The molecule has 0 aliphatic heterocycles. The summed E-state index contributed by atoms with van der Waals surface area (Å²) in [6.07, 6.45) is 3.33. The molecule has 0 bridgehead atoms. The van der Waals surface area contributed by atoms with Gasteiger partial charge in [-0.3, -0.25) is 9.59 Å². The van der Waals surface area contributed by atoms with Crippen molar-refractivity contribution in [3.63, 3.8) is 0 Å². The van der Waals surface area contributed by atoms with Crippen LogP contribution in [0.25, 0.3) is 0 Å². The van der Waals surface area contributed by atoms with Crippen molar-refractivity contribution < 1.29 is 14.2 Å². The molecule has 1 amide bonds. The maximum atomic E-state index is 12.4. The van der Waals surface area contributed by atoms with E-state index in [-0.39, 0.29) is 21.7 Å². The maximum Gasteiger partial charge on any atom is 0.293 e. The average molecular weight is 373 g/mol. The Morgan fingerprint density at radius 3 is 2.35 bits per heavy atom. The summed E-state index contributed by atoms with van der Waals surface area (Å²) in [4.78, 5) is 23.9. The fourth-order valence-electron chi connectivity index (χ4n) is 1.97. The van der Waals surface area contributed by atoms with Crippen LogP contribution in [0, 0.1) is 0 Å². The molecule has 0 spiro atoms. The third-order valence-corrected chi connectivity index (χ3v) is 4.12. The summed E-state index contributed by atoms with van der Waals surface area (Å²) in [6, 6.07) is 5.84. The molecule has 120 valence electrons. The van der Waals surface area contributed by atoms with Gasteiger partial charge < -0.3 is 5.32 Å². The Labute approximate surface area is 149 Å². The van der Waals surface area contributed by atoms with Crippen molar-refractivity contribution in [2.24, 2.45) is 0 Å². The van der Waals surface area contributed by atoms with E-state index in [4.69, 9.17) is 34.8 Å². The summed E-state index contributed by atoms with van der Waals surface area (Å²) >= 11 is 18.0. The average Bonchev–Trinajstić information content (AvgIpc) is 2.50. The lowest BCUT2D eigenvalue weighted by molar-refractivity contribution is -0.705. The quantitative estimate of drug-likeness (QED) is 0.641. The van der Waals surface area contributed by atoms with E-state index >= 15 is 0 Å². The molecule has 0 saturated heterocycles. The first kappa shape index (κ1) is 17.7. The summed E-state index contributed by atoms with van der Waals surface area (Å²) in [5, 5.41) is 3.58. The van der Waals surface area contributed by atoms with Crippen LogP contribution in [0.2, 0.25) is 15.1 Å². The van der Waals surface area contributed by atoms with Crippen LogP contribution < -0.4 is 9.88 Å². The van der Waals surface area contributed by atoms with E-state index in [9.17, 15) is 9.59 Å². The predicted molar refractivity (Wildman–Crippen MR) is 91.5 cm³/mol. The number of nitrogens with one attached hydrogen (secondary N) is 1. The van der Waals surface area contributed by atoms with Gasteiger partial charge in [-0.2, -0.15) is 4.57 Å². The van der Waals surface area contributed by atoms with Crippen LogP contribution in [0.4, 0.5) is 5.69 Å². The molecule has 0 fully saturated rings. The first-order chi connectivity index (χ1) is 10.8. The number of anilines is 1. The van der Waals surface area contributed by atoms with Crippen molar-refractivity contribution in [3.05, 3.63) is 57.3 Å². The molecular formula is C16H14Cl3N2O2+. The van der Waals surface area contributed by atoms with E-state index < -0.39 is 6.04 Å². The molecule has 0 unspecified atom stereocenters. The predicted octanol–water partition coefficient (Wildman–Crippen LogP) is 4.34. The van der Waals surface area contributed by atoms with E-state index in [1.165, 1.54) is 19.1 Å². The minimum atomic E-state index is -0.558. The number of pyridine rings is 1. The monoisotopic (exact) mass is 371 g/mol. The van der Waals surface area contributed by atoms with Crippen molar-refractivity contribution in [3.8, 4) is 0 Å². The number of ketones is 1. The van der Waals surface area contributed by atoms with E-state index in [0.29, 0.717) is 16.3 Å². The van der Waals surface area contributed by atoms with Gasteiger partial charge in [-0.05, 0) is 25.1 Å². The first-order valence-electron chi connectivity index (χ1n) is 6.76. The Kier molecular flexibility index (Phi) is 5.63. The second-order valence-electron chi connectivity index (χ2n) is 5.01. The van der Waals surface area contributed by atoms with Crippen LogP contribution in [0.5, 0.6) is 0 Å². The SMILES string of the molecule is CC(=O)c1ccc[n+]([C@H](C)C(=O)Nc2c(Cl)cc(Cl)cc2Cl)c1. The Morgan fingerprint density at radius 2 is 1.78 bits per heavy atom. The van der Waals surface area contributed by atoms with E-state index in [1.54, 1.807) is 36.0 Å². The van der Waals surface area contributed by atoms with E-state index in [1.807, 2.05) is 0 Å². The van der Waals surface area contributed by atoms with Crippen LogP contribution >= 0.6 is 34.8 Å². The van der Waals surface area contributed by atoms with Gasteiger partial charge in [-0.1, -0.05) is 34.8 Å². The summed E-state index contributed by atoms with van der Waals surface area (Å²) < 4.78 is 1.64. The molecule has 0 aliphatic rings. The van der Waals surface area contributed by atoms with Gasteiger partial charge in [0.2, 0.25) is 6.04 Å². The van der Waals surface area contributed by atoms with Crippen LogP contribution in [0.3, 0.4) is 0 Å². The molecule has 2 aromatic rings. The summed E-state index contributed by atoms with van der Waals surface area (Å²) in [7, 11) is 0. The number of Topliss-reactive ketones (excluding diaryl/α,β-unsaturated/α-hetero) is 1. The van der Waals surface area contributed by atoms with Crippen molar-refractivity contribution >= 4 is 52.2 Å². The Balaban J connectivity index is 2.24. The molecule has 7 heteroatoms. The number of amides is 1. The zero-order valence-corrected chi connectivity index (χ0v) is 14.7. The minimum Gasteiger partial charge on any atom is -0.318 e. The molecule has 1 N–H and O–H groups in total. The first-order valence-corrected chi connectivity index (χ1v) is 7.90. The van der Waals surface area contributed by atoms with Crippen molar-refractivity contribution in [2.45, 2.75) is 19.9 Å². The van der Waals surface area contributed by atoms with Gasteiger partial charge in [-0.15, -0.1) is 0 Å². The number of halogens is 3. The van der Waals surface area contributed by atoms with Gasteiger partial charge in [0.15, 0.2) is 18.2 Å². The topological polar surface area (TPSA) is 50.0 Å². The fraction of sp³-hybridized carbons (Fsp3) is 0.188. The molecule has 4 nitrogen and oxygen atoms in total. The number of rotatable bonds is 4. The molecule has 1 aromatic heterocycles. The number of nitrogens with zero attached hydrogens (tertiary/aromatic N) is 1. The van der Waals surface area contributed by atoms with Crippen molar-refractivity contribution in [1.29, 1.82) is 0 Å². The zero-order chi connectivity index (χ0) is 17.1. The highest BCUT2D eigenvalue weighted by molar-refractivity contribution is 6.42. The number of hydrogen-bond acceptors (Lipinski definition) is 2. The highest BCUT2D eigenvalue weighted by atomic mass is 35.5. The highest BCUT2D eigenvalue weighted by Gasteiger charge is 2.24. The molecule has 1 heterocycles. The van der Waals surface area contributed by atoms with Crippen LogP contribution in [0.15, 0.2) is 36.7 Å². The Morgan fingerprint density at radius 1 is 1.17 bits per heavy atom. The Hall–Kier alpha value is -1.62.